The minimum atomic E-state index is -3.93. The van der Waals surface area contributed by atoms with Crippen molar-refractivity contribution in [1.82, 2.24) is 0 Å². The van der Waals surface area contributed by atoms with Gasteiger partial charge in [-0.15, -0.1) is 0 Å². The molecule has 103 heavy (non-hydrogen) atoms. The molecule has 3 saturated heterocycles. The third-order valence-corrected chi connectivity index (χ3v) is 77.9. The van der Waals surface area contributed by atoms with Crippen molar-refractivity contribution in [2.45, 2.75) is 201 Å². The van der Waals surface area contributed by atoms with Crippen molar-refractivity contribution in [3.05, 3.63) is 0 Å². The predicted octanol–water partition coefficient (Wildman–Crippen LogP) is 9.70. The van der Waals surface area contributed by atoms with Crippen LogP contribution < -0.4 is 0 Å². The van der Waals surface area contributed by atoms with E-state index in [1.165, 1.54) is 0 Å². The summed E-state index contributed by atoms with van der Waals surface area (Å²) in [5, 5.41) is 0. The lowest BCUT2D eigenvalue weighted by Crippen LogP contribution is -2.66. The van der Waals surface area contributed by atoms with Crippen molar-refractivity contribution in [2.75, 3.05) is 173 Å². The first-order chi connectivity index (χ1) is 48.1. The van der Waals surface area contributed by atoms with Crippen molar-refractivity contribution < 1.29 is 136 Å². The fourth-order valence-electron chi connectivity index (χ4n) is 12.8. The van der Waals surface area contributed by atoms with Gasteiger partial charge in [-0.1, -0.05) is 0 Å². The average molecular weight is 1740 g/mol. The Hall–Kier alpha value is 2.01. The van der Waals surface area contributed by atoms with Crippen molar-refractivity contribution in [3.63, 3.8) is 0 Å². The van der Waals surface area contributed by atoms with E-state index in [0.29, 0.717) is 145 Å². The molecule has 0 aromatic rings. The van der Waals surface area contributed by atoms with Crippen LogP contribution in [0.5, 0.6) is 0 Å². The van der Waals surface area contributed by atoms with Crippen LogP contribution in [0.25, 0.3) is 0 Å². The van der Waals surface area contributed by atoms with Gasteiger partial charge in [-0.05, 0) is 153 Å². The lowest BCUT2D eigenvalue weighted by Gasteiger charge is -2.49. The summed E-state index contributed by atoms with van der Waals surface area (Å²) in [4.78, 5) is 0. The molecular weight excluding hydrogens is 1600 g/mol. The lowest BCUT2D eigenvalue weighted by molar-refractivity contribution is 0.113. The fourth-order valence-corrected chi connectivity index (χ4v) is 82.8. The van der Waals surface area contributed by atoms with E-state index in [-0.39, 0.29) is 30.4 Å². The summed E-state index contributed by atoms with van der Waals surface area (Å²) < 4.78 is 204. The summed E-state index contributed by atoms with van der Waals surface area (Å²) in [7, 11) is -25.0. The monoisotopic (exact) mass is 1740 g/mol. The van der Waals surface area contributed by atoms with Crippen LogP contribution >= 0.6 is 0 Å². The van der Waals surface area contributed by atoms with Gasteiger partial charge in [-0.2, -0.15) is 0 Å². The van der Waals surface area contributed by atoms with Crippen LogP contribution in [0.1, 0.15) is 19.3 Å². The van der Waals surface area contributed by atoms with Gasteiger partial charge < -0.3 is 136 Å². The summed E-state index contributed by atoms with van der Waals surface area (Å²) >= 11 is 0. The molecule has 0 aromatic heterocycles. The third kappa shape index (κ3) is 35.3. The van der Waals surface area contributed by atoms with Crippen LogP contribution in [-0.2, 0) is 136 Å². The smallest absolute Gasteiger partial charge is 0.436 e. The van der Waals surface area contributed by atoms with Crippen LogP contribution in [0.4, 0.5) is 0 Å². The molecule has 0 saturated carbocycles. The number of ether oxygens (including phenoxy) is 6. The zero-order valence-corrected chi connectivity index (χ0v) is 83.6. The van der Waals surface area contributed by atoms with Crippen LogP contribution in [0.3, 0.4) is 0 Å². The Morgan fingerprint density at radius 2 is 0.427 bits per heavy atom. The Morgan fingerprint density at radius 3 is 0.641 bits per heavy atom. The van der Waals surface area contributed by atoms with Gasteiger partial charge >= 0.3 is 121 Å². The van der Waals surface area contributed by atoms with Gasteiger partial charge in [-0.25, -0.2) is 0 Å². The van der Waals surface area contributed by atoms with Crippen molar-refractivity contribution in [1.29, 1.82) is 0 Å². The number of epoxide rings is 3. The van der Waals surface area contributed by atoms with E-state index in [1.54, 1.807) is 114 Å². The molecule has 3 fully saturated rings. The number of rotatable bonds is 67. The SMILES string of the molecule is CO[Si](C)(C)O[Si](C)(C)O[Si](C)(CCCOCC1CO1)O[Si](C)(CCCOCC1CO1)O[Si](C)(CCCOCC1CO1)O[Si](C)(CC[Si](OC)(OC)OC)O[Si](C)(CC[Si](OC)(OC)OC)O[Si](C)(CC[Si](OC)(OC)OC)O[Si](C)(CC[Si](OC)(OC)OC)O[Si](C)(C)CC[Si](OC)(OC)OC. The van der Waals surface area contributed by atoms with Gasteiger partial charge in [-0.3, -0.25) is 0 Å². The van der Waals surface area contributed by atoms with Gasteiger partial charge in [0.2, 0.25) is 0 Å². The normalized spacial score (nSPS) is 21.5. The Labute approximate surface area is 636 Å². The molecule has 0 bridgehead atoms. The highest BCUT2D eigenvalue weighted by Gasteiger charge is 2.60. The second-order valence-electron chi connectivity index (χ2n) is 29.0. The van der Waals surface area contributed by atoms with Gasteiger partial charge in [0.1, 0.15) is 18.3 Å². The molecule has 31 nitrogen and oxygen atoms in total. The molecule has 46 heteroatoms. The minimum absolute atomic E-state index is 0.0645. The molecule has 3 rings (SSSR count). The highest BCUT2D eigenvalue weighted by atomic mass is 28.5. The quantitative estimate of drug-likeness (QED) is 0.0311. The molecule has 614 valence electrons. The van der Waals surface area contributed by atoms with Gasteiger partial charge in [0.25, 0.3) is 0 Å². The Balaban J connectivity index is 2.53. The van der Waals surface area contributed by atoms with E-state index in [4.69, 9.17) is 136 Å². The van der Waals surface area contributed by atoms with Crippen molar-refractivity contribution in [3.8, 4) is 0 Å². The Kier molecular flexibility index (Phi) is 43.1. The minimum Gasteiger partial charge on any atom is -0.436 e. The molecular formula is C57H140O31Si15. The van der Waals surface area contributed by atoms with Gasteiger partial charge in [0.15, 0.2) is 8.32 Å². The van der Waals surface area contributed by atoms with Crippen LogP contribution in [0.15, 0.2) is 0 Å². The summed E-state index contributed by atoms with van der Waals surface area (Å²) in [6.07, 6.45) is 2.13. The molecule has 0 spiro atoms. The average Bonchev–Trinajstić information content (AvgIpc) is 1.26. The van der Waals surface area contributed by atoms with Gasteiger partial charge in [0, 0.05) is 164 Å². The van der Waals surface area contributed by atoms with Crippen molar-refractivity contribution in [2.24, 2.45) is 0 Å². The molecule has 3 aliphatic rings. The largest absolute Gasteiger partial charge is 0.500 e. The van der Waals surface area contributed by atoms with E-state index in [9.17, 15) is 0 Å². The Morgan fingerprint density at radius 1 is 0.223 bits per heavy atom. The summed E-state index contributed by atoms with van der Waals surface area (Å²) in [6, 6.07) is 5.21. The van der Waals surface area contributed by atoms with Crippen molar-refractivity contribution >= 4 is 129 Å². The molecule has 0 amide bonds. The van der Waals surface area contributed by atoms with E-state index in [0.717, 1.165) is 0 Å². The van der Waals surface area contributed by atoms with Crippen LogP contribution in [-0.4, -0.2) is 321 Å². The topological polar surface area (TPSA) is 296 Å². The van der Waals surface area contributed by atoms with E-state index in [2.05, 4.69) is 72.0 Å². The molecule has 0 radical (unpaired) electrons. The molecule has 0 aliphatic carbocycles. The third-order valence-electron chi connectivity index (χ3n) is 18.6. The first-order valence-corrected chi connectivity index (χ1v) is 71.9. The predicted molar refractivity (Wildman–Crippen MR) is 422 cm³/mol. The highest BCUT2D eigenvalue weighted by molar-refractivity contribution is 6.95. The zero-order chi connectivity index (χ0) is 77.8. The maximum atomic E-state index is 8.23. The summed E-state index contributed by atoms with van der Waals surface area (Å²) in [6.45, 7) is 32.1. The second-order valence-corrected chi connectivity index (χ2v) is 81.2. The summed E-state index contributed by atoms with van der Waals surface area (Å²) in [5.74, 6) is 0. The van der Waals surface area contributed by atoms with Gasteiger partial charge in [0.05, 0.1) is 39.6 Å². The maximum Gasteiger partial charge on any atom is 0.500 e. The Bertz CT molecular complexity index is 2300. The summed E-state index contributed by atoms with van der Waals surface area (Å²) in [5.41, 5.74) is 0. The second kappa shape index (κ2) is 44.8. The lowest BCUT2D eigenvalue weighted by atomic mass is 10.5. The van der Waals surface area contributed by atoms with E-state index < -0.39 is 129 Å². The number of hydrogen-bond donors (Lipinski definition) is 0. The molecule has 10 unspecified atom stereocenters. The fraction of sp³-hybridized carbons (Fsp3) is 1.00. The number of hydrogen-bond acceptors (Lipinski definition) is 31. The molecule has 3 aliphatic heterocycles. The molecule has 0 aromatic carbocycles. The molecule has 10 atom stereocenters. The highest BCUT2D eigenvalue weighted by Crippen LogP contribution is 2.43. The van der Waals surface area contributed by atoms with Crippen LogP contribution in [0.2, 0.25) is 164 Å². The zero-order valence-electron chi connectivity index (χ0n) is 68.6. The first kappa shape index (κ1) is 99.2. The maximum absolute atomic E-state index is 8.23. The van der Waals surface area contributed by atoms with Crippen LogP contribution in [0, 0.1) is 0 Å². The van der Waals surface area contributed by atoms with E-state index in [1.807, 2.05) is 13.1 Å². The molecule has 3 heterocycles. The standard InChI is InChI=1S/C57H140O31Si15/c1-58-90(19,20)81-91(21,22)82-92(23,36-30-33-74-49-55-52-77-55)83-93(24,37-31-34-75-50-56-53-78-56)84-94(25,38-32-35-76-51-57-54-79-57)85-96(27,41-46-101(65-8,66-9)67-10)87-98(29,43-48-103(71-14,72-15)73-16)88-97(28,42-47-102(68-11,69-12)70-13)86-95(26,40-45-100(62-5,63-6)64-7)80-89(17,18)39-44-99(59-2,60-3)61-4/h55-57H,30-54H2,1-29H3. The molecule has 0 N–H and O–H groups in total. The van der Waals surface area contributed by atoms with E-state index >= 15 is 0 Å². The first-order valence-electron chi connectivity index (χ1n) is 35.8.